The van der Waals surface area contributed by atoms with E-state index >= 15 is 0 Å². The molecule has 0 heterocycles. The van der Waals surface area contributed by atoms with Gasteiger partial charge in [-0.15, -0.1) is 14.7 Å². The number of hydrogen-bond acceptors (Lipinski definition) is 9. The normalized spacial score (nSPS) is 7.76. The molecule has 0 spiro atoms. The summed E-state index contributed by atoms with van der Waals surface area (Å²) in [6.07, 6.45) is 0. The van der Waals surface area contributed by atoms with E-state index in [0.717, 1.165) is 0 Å². The van der Waals surface area contributed by atoms with Gasteiger partial charge in [-0.1, -0.05) is 6.92 Å². The average Bonchev–Trinajstić information content (AvgIpc) is 2.31. The van der Waals surface area contributed by atoms with E-state index in [-0.39, 0.29) is 19.8 Å². The molecule has 0 saturated heterocycles. The fraction of sp³-hybridized carbons (Fsp3) is 1.00. The highest BCUT2D eigenvalue weighted by Gasteiger charge is 2.20. The molecule has 0 amide bonds. The first-order chi connectivity index (χ1) is 7.92. The van der Waals surface area contributed by atoms with E-state index in [9.17, 15) is 0 Å². The van der Waals surface area contributed by atoms with Gasteiger partial charge in [0.1, 0.15) is 0 Å². The van der Waals surface area contributed by atoms with E-state index in [1.165, 1.54) is 16.0 Å². The van der Waals surface area contributed by atoms with Crippen molar-refractivity contribution in [2.45, 2.75) is 6.92 Å². The molecule has 0 atom stereocenters. The van der Waals surface area contributed by atoms with Gasteiger partial charge in [0.25, 0.3) is 0 Å². The zero-order valence-electron chi connectivity index (χ0n) is 8.87. The Bertz CT molecular complexity index is 140. The largest absolute Gasteiger partial charge is 0.396 e. The monoisotopic (exact) mass is 261 g/mol. The summed E-state index contributed by atoms with van der Waals surface area (Å²) in [6, 6.07) is 0. The zero-order valence-corrected chi connectivity index (χ0v) is 8.87. The summed E-state index contributed by atoms with van der Waals surface area (Å²) in [5.41, 5.74) is -0.708. The molecule has 0 aliphatic heterocycles. The van der Waals surface area contributed by atoms with Gasteiger partial charge < -0.3 is 30.9 Å². The van der Waals surface area contributed by atoms with Crippen molar-refractivity contribution >= 4 is 0 Å². The summed E-state index contributed by atoms with van der Waals surface area (Å²) < 4.78 is 0. The fourth-order valence-corrected chi connectivity index (χ4v) is 0.150. The second kappa shape index (κ2) is 23.7. The maximum absolute atomic E-state index is 8.47. The molecule has 0 saturated carbocycles. The molecule has 0 aromatic heterocycles. The fourth-order valence-electron chi connectivity index (χ4n) is 0.150. The Balaban J connectivity index is -0.0000000784. The second-order valence-corrected chi connectivity index (χ2v) is 2.53. The molecule has 0 aromatic carbocycles. The van der Waals surface area contributed by atoms with Crippen molar-refractivity contribution in [2.75, 3.05) is 19.8 Å². The lowest BCUT2D eigenvalue weighted by atomic mass is 9.95. The van der Waals surface area contributed by atoms with E-state index < -0.39 is 5.41 Å². The number of hydrogen-bond donors (Lipinski definition) is 6. The number of aliphatic hydroxyl groups is 3. The van der Waals surface area contributed by atoms with Crippen LogP contribution in [0.4, 0.5) is 0 Å². The second-order valence-electron chi connectivity index (χ2n) is 2.53. The van der Waals surface area contributed by atoms with Crippen molar-refractivity contribution in [1.82, 2.24) is 0 Å². The molecule has 0 aromatic rings. The quantitative estimate of drug-likeness (QED) is 0.282. The van der Waals surface area contributed by atoms with Crippen molar-refractivity contribution in [3.63, 3.8) is 0 Å². The van der Waals surface area contributed by atoms with Gasteiger partial charge in [0.2, 0.25) is 0 Å². The highest BCUT2D eigenvalue weighted by molar-refractivity contribution is 4.69. The van der Waals surface area contributed by atoms with Gasteiger partial charge in [0, 0.05) is 5.41 Å². The molecular weight excluding hydrogens is 246 g/mol. The lowest BCUT2D eigenvalue weighted by Gasteiger charge is -2.20. The molecule has 12 nitrogen and oxygen atoms in total. The van der Waals surface area contributed by atoms with Crippen molar-refractivity contribution in [3.05, 3.63) is 14.7 Å². The third kappa shape index (κ3) is 41.0. The predicted octanol–water partition coefficient (Wildman–Crippen LogP) is -0.604. The minimum atomic E-state index is -0.708. The molecule has 104 valence electrons. The Labute approximate surface area is 94.9 Å². The Morgan fingerprint density at radius 1 is 0.765 bits per heavy atom. The van der Waals surface area contributed by atoms with E-state index in [0.29, 0.717) is 0 Å². The Morgan fingerprint density at radius 2 is 0.882 bits per heavy atom. The average molecular weight is 261 g/mol. The maximum Gasteiger partial charge on any atom is 0.152 e. The molecule has 6 N–H and O–H groups in total. The zero-order chi connectivity index (χ0) is 14.7. The van der Waals surface area contributed by atoms with Crippen LogP contribution in [0.3, 0.4) is 0 Å². The van der Waals surface area contributed by atoms with Gasteiger partial charge in [0.05, 0.1) is 19.8 Å². The van der Waals surface area contributed by atoms with Gasteiger partial charge in [-0.3, -0.25) is 0 Å². The Morgan fingerprint density at radius 3 is 0.882 bits per heavy atom. The summed E-state index contributed by atoms with van der Waals surface area (Å²) in [4.78, 5) is 24.3. The van der Waals surface area contributed by atoms with Crippen LogP contribution < -0.4 is 0 Å². The first kappa shape index (κ1) is 24.4. The van der Waals surface area contributed by atoms with Gasteiger partial charge in [-0.2, -0.15) is 0 Å². The van der Waals surface area contributed by atoms with Gasteiger partial charge >= 0.3 is 0 Å². The third-order valence-corrected chi connectivity index (χ3v) is 1.15. The summed E-state index contributed by atoms with van der Waals surface area (Å²) in [5, 5.41) is 49.1. The van der Waals surface area contributed by atoms with Crippen LogP contribution in [0.5, 0.6) is 0 Å². The van der Waals surface area contributed by atoms with Crippen molar-refractivity contribution in [2.24, 2.45) is 21.4 Å². The van der Waals surface area contributed by atoms with Crippen LogP contribution in [0.1, 0.15) is 6.92 Å². The molecule has 17 heavy (non-hydrogen) atoms. The minimum Gasteiger partial charge on any atom is -0.396 e. The van der Waals surface area contributed by atoms with E-state index in [4.69, 9.17) is 45.7 Å². The molecular formula is C5H15N3O9. The molecule has 0 unspecified atom stereocenters. The Kier molecular flexibility index (Phi) is 34.0. The lowest BCUT2D eigenvalue weighted by Crippen LogP contribution is -2.29. The first-order valence-electron chi connectivity index (χ1n) is 3.66. The molecule has 0 radical (unpaired) electrons. The van der Waals surface area contributed by atoms with Crippen LogP contribution in [0, 0.1) is 20.1 Å². The smallest absolute Gasteiger partial charge is 0.152 e. The van der Waals surface area contributed by atoms with Crippen LogP contribution in [0.2, 0.25) is 0 Å². The Hall–Kier alpha value is -1.92. The number of nitrogens with zero attached hydrogens (tertiary/aromatic N) is 3. The topological polar surface area (TPSA) is 210 Å². The minimum absolute atomic E-state index is 0.181. The van der Waals surface area contributed by atoms with E-state index in [1.807, 2.05) is 0 Å². The summed E-state index contributed by atoms with van der Waals surface area (Å²) in [6.45, 7) is 1.06. The molecule has 0 rings (SSSR count). The van der Waals surface area contributed by atoms with Crippen LogP contribution in [0.15, 0.2) is 16.0 Å². The molecule has 0 fully saturated rings. The standard InChI is InChI=1S/C5H12O3.3HNO2/c1-5(2-6,3-7)4-8;3*2-1-3/h6-8H,2-4H2,1H3;3*(H,2,3). The molecule has 0 aliphatic rings. The van der Waals surface area contributed by atoms with Gasteiger partial charge in [-0.25, -0.2) is 0 Å². The summed E-state index contributed by atoms with van der Waals surface area (Å²) in [7, 11) is 0. The van der Waals surface area contributed by atoms with Gasteiger partial charge in [0.15, 0.2) is 16.0 Å². The lowest BCUT2D eigenvalue weighted by molar-refractivity contribution is 0.0200. The third-order valence-electron chi connectivity index (χ3n) is 1.15. The van der Waals surface area contributed by atoms with Crippen LogP contribution in [-0.4, -0.2) is 50.8 Å². The molecule has 0 aliphatic carbocycles. The maximum atomic E-state index is 8.47. The SMILES string of the molecule is CC(CO)(CO)CO.O=NO.O=NO.O=NO. The predicted molar refractivity (Wildman–Crippen MR) is 52.1 cm³/mol. The van der Waals surface area contributed by atoms with Crippen molar-refractivity contribution in [3.8, 4) is 0 Å². The number of rotatable bonds is 3. The van der Waals surface area contributed by atoms with E-state index in [2.05, 4.69) is 0 Å². The molecule has 12 heteroatoms. The summed E-state index contributed by atoms with van der Waals surface area (Å²) in [5.74, 6) is 0. The highest BCUT2D eigenvalue weighted by Crippen LogP contribution is 2.10. The van der Waals surface area contributed by atoms with Gasteiger partial charge in [-0.05, 0) is 0 Å². The van der Waals surface area contributed by atoms with E-state index in [1.54, 1.807) is 6.92 Å². The van der Waals surface area contributed by atoms with Crippen LogP contribution in [0.25, 0.3) is 0 Å². The van der Waals surface area contributed by atoms with Crippen molar-refractivity contribution < 1.29 is 30.9 Å². The van der Waals surface area contributed by atoms with Crippen LogP contribution >= 0.6 is 0 Å². The molecule has 0 bridgehead atoms. The first-order valence-corrected chi connectivity index (χ1v) is 3.66. The number of aliphatic hydroxyl groups excluding tert-OH is 3. The van der Waals surface area contributed by atoms with Crippen LogP contribution in [-0.2, 0) is 0 Å². The highest BCUT2D eigenvalue weighted by atomic mass is 16.6. The van der Waals surface area contributed by atoms with Crippen molar-refractivity contribution in [1.29, 1.82) is 0 Å². The summed E-state index contributed by atoms with van der Waals surface area (Å²) >= 11 is 0.